The van der Waals surface area contributed by atoms with Crippen LogP contribution in [0.5, 0.6) is 0 Å². The molecule has 2 aliphatic rings. The highest BCUT2D eigenvalue weighted by atomic mass is 15.2. The van der Waals surface area contributed by atoms with Gasteiger partial charge in [-0.2, -0.15) is 0 Å². The Balaban J connectivity index is 1.68. The number of hydrogen-bond acceptors (Lipinski definition) is 3. The van der Waals surface area contributed by atoms with E-state index < -0.39 is 0 Å². The van der Waals surface area contributed by atoms with Crippen molar-refractivity contribution in [2.45, 2.75) is 57.2 Å². The van der Waals surface area contributed by atoms with Crippen molar-refractivity contribution in [1.29, 1.82) is 5.41 Å². The van der Waals surface area contributed by atoms with Crippen molar-refractivity contribution in [2.75, 3.05) is 6.54 Å². The van der Waals surface area contributed by atoms with Crippen LogP contribution in [0.4, 0.5) is 0 Å². The molecule has 0 radical (unpaired) electrons. The Morgan fingerprint density at radius 2 is 1.65 bits per heavy atom. The summed E-state index contributed by atoms with van der Waals surface area (Å²) in [5.74, 6) is 0.775. The second-order valence-electron chi connectivity index (χ2n) is 6.23. The lowest BCUT2D eigenvalue weighted by molar-refractivity contribution is 0.415. The summed E-state index contributed by atoms with van der Waals surface area (Å²) in [6.07, 6.45) is 7.07. The average molecular weight is 271 g/mol. The van der Waals surface area contributed by atoms with Crippen LogP contribution in [0.25, 0.3) is 0 Å². The van der Waals surface area contributed by atoms with E-state index in [-0.39, 0.29) is 12.2 Å². The van der Waals surface area contributed by atoms with E-state index in [1.54, 1.807) is 0 Å². The van der Waals surface area contributed by atoms with Gasteiger partial charge in [-0.05, 0) is 36.8 Å². The monoisotopic (exact) mass is 271 g/mol. The number of rotatable bonds is 2. The van der Waals surface area contributed by atoms with Crippen LogP contribution in [0.1, 0.15) is 62.2 Å². The summed E-state index contributed by atoms with van der Waals surface area (Å²) >= 11 is 0. The summed E-state index contributed by atoms with van der Waals surface area (Å²) in [4.78, 5) is 0. The van der Waals surface area contributed by atoms with Crippen molar-refractivity contribution in [3.05, 3.63) is 35.4 Å². The first-order chi connectivity index (χ1) is 9.74. The van der Waals surface area contributed by atoms with Gasteiger partial charge < -0.3 is 5.41 Å². The zero-order valence-electron chi connectivity index (χ0n) is 12.3. The highest BCUT2D eigenvalue weighted by Crippen LogP contribution is 2.32. The minimum atomic E-state index is 0.166. The molecule has 2 fully saturated rings. The van der Waals surface area contributed by atoms with Crippen LogP contribution in [0.2, 0.25) is 0 Å². The van der Waals surface area contributed by atoms with Gasteiger partial charge in [0.05, 0.1) is 6.17 Å². The van der Waals surface area contributed by atoms with Gasteiger partial charge in [0, 0.05) is 18.3 Å². The van der Waals surface area contributed by atoms with Gasteiger partial charge in [0.2, 0.25) is 0 Å². The molecule has 0 spiro atoms. The lowest BCUT2D eigenvalue weighted by Gasteiger charge is -2.31. The molecule has 3 nitrogen and oxygen atoms in total. The topological polar surface area (TPSA) is 47.9 Å². The highest BCUT2D eigenvalue weighted by Gasteiger charge is 2.22. The van der Waals surface area contributed by atoms with Crippen LogP contribution in [0.3, 0.4) is 0 Å². The molecular weight excluding hydrogens is 246 g/mol. The molecule has 0 bridgehead atoms. The zero-order valence-corrected chi connectivity index (χ0v) is 12.3. The predicted molar refractivity (Wildman–Crippen MR) is 83.3 cm³/mol. The molecule has 2 atom stereocenters. The second-order valence-corrected chi connectivity index (χ2v) is 6.23. The summed E-state index contributed by atoms with van der Waals surface area (Å²) in [6, 6.07) is 9.27. The Morgan fingerprint density at radius 3 is 2.30 bits per heavy atom. The lowest BCUT2D eigenvalue weighted by atomic mass is 9.84. The minimum absolute atomic E-state index is 0.166. The molecule has 1 aliphatic carbocycles. The maximum absolute atomic E-state index is 7.79. The third kappa shape index (κ3) is 2.94. The third-order valence-corrected chi connectivity index (χ3v) is 4.78. The lowest BCUT2D eigenvalue weighted by Crippen LogP contribution is -2.52. The molecule has 3 rings (SSSR count). The number of nitrogens with one attached hydrogen (secondary N) is 3. The normalized spacial score (nSPS) is 28.6. The van der Waals surface area contributed by atoms with Crippen LogP contribution in [-0.2, 0) is 0 Å². The van der Waals surface area contributed by atoms with Gasteiger partial charge in [0.25, 0.3) is 0 Å². The van der Waals surface area contributed by atoms with Crippen molar-refractivity contribution in [3.8, 4) is 0 Å². The smallest absolute Gasteiger partial charge is 0.0843 e. The number of benzene rings is 1. The van der Waals surface area contributed by atoms with Gasteiger partial charge in [-0.15, -0.1) is 0 Å². The first kappa shape index (κ1) is 13.8. The molecule has 0 aromatic heterocycles. The van der Waals surface area contributed by atoms with Crippen molar-refractivity contribution >= 4 is 5.71 Å². The predicted octanol–water partition coefficient (Wildman–Crippen LogP) is 3.33. The van der Waals surface area contributed by atoms with E-state index in [9.17, 15) is 0 Å². The average Bonchev–Trinajstić information content (AvgIpc) is 2.51. The molecule has 0 amide bonds. The Kier molecular flexibility index (Phi) is 4.18. The van der Waals surface area contributed by atoms with Crippen LogP contribution in [0.15, 0.2) is 24.3 Å². The fourth-order valence-corrected chi connectivity index (χ4v) is 3.39. The van der Waals surface area contributed by atoms with Crippen LogP contribution in [0, 0.1) is 5.41 Å². The minimum Gasteiger partial charge on any atom is -0.307 e. The molecule has 1 aromatic rings. The molecule has 20 heavy (non-hydrogen) atoms. The summed E-state index contributed by atoms with van der Waals surface area (Å²) in [7, 11) is 0. The van der Waals surface area contributed by atoms with Gasteiger partial charge in [-0.25, -0.2) is 0 Å². The first-order valence-electron chi connectivity index (χ1n) is 7.90. The summed E-state index contributed by atoms with van der Waals surface area (Å²) in [6.45, 7) is 2.75. The van der Waals surface area contributed by atoms with E-state index in [1.807, 2.05) is 0 Å². The van der Waals surface area contributed by atoms with Crippen molar-refractivity contribution in [1.82, 2.24) is 10.6 Å². The van der Waals surface area contributed by atoms with Gasteiger partial charge in [0.15, 0.2) is 0 Å². The van der Waals surface area contributed by atoms with Crippen LogP contribution >= 0.6 is 0 Å². The van der Waals surface area contributed by atoms with Gasteiger partial charge >= 0.3 is 0 Å². The van der Waals surface area contributed by atoms with E-state index >= 15 is 0 Å². The summed E-state index contributed by atoms with van der Waals surface area (Å²) in [5, 5.41) is 14.6. The maximum Gasteiger partial charge on any atom is 0.0843 e. The van der Waals surface area contributed by atoms with Crippen molar-refractivity contribution in [3.63, 3.8) is 0 Å². The molecular formula is C17H25N3. The maximum atomic E-state index is 7.79. The zero-order chi connectivity index (χ0) is 13.9. The molecule has 1 aliphatic heterocycles. The van der Waals surface area contributed by atoms with Gasteiger partial charge in [-0.1, -0.05) is 43.5 Å². The standard InChI is InChI=1S/C17H25N3/c1-12-16(18)11-19-17(20-12)15-9-7-14(8-10-15)13-5-3-2-4-6-13/h7-10,12-13,17-20H,2-6,11H2,1H3. The fourth-order valence-electron chi connectivity index (χ4n) is 3.39. The Hall–Kier alpha value is -1.19. The van der Waals surface area contributed by atoms with E-state index in [0.29, 0.717) is 6.54 Å². The van der Waals surface area contributed by atoms with Gasteiger partial charge in [0.1, 0.15) is 0 Å². The first-order valence-corrected chi connectivity index (χ1v) is 7.90. The summed E-state index contributed by atoms with van der Waals surface area (Å²) < 4.78 is 0. The molecule has 1 heterocycles. The Bertz CT molecular complexity index is 460. The van der Waals surface area contributed by atoms with Crippen LogP contribution in [-0.4, -0.2) is 18.3 Å². The fraction of sp³-hybridized carbons (Fsp3) is 0.588. The van der Waals surface area contributed by atoms with E-state index in [4.69, 9.17) is 5.41 Å². The molecule has 1 aromatic carbocycles. The molecule has 1 saturated heterocycles. The quantitative estimate of drug-likeness (QED) is 0.772. The van der Waals surface area contributed by atoms with E-state index in [1.165, 1.54) is 43.2 Å². The molecule has 2 unspecified atom stereocenters. The van der Waals surface area contributed by atoms with Crippen molar-refractivity contribution in [2.24, 2.45) is 0 Å². The third-order valence-electron chi connectivity index (χ3n) is 4.78. The largest absolute Gasteiger partial charge is 0.307 e. The Morgan fingerprint density at radius 1 is 1.00 bits per heavy atom. The SMILES string of the molecule is CC1NC(c2ccc(C3CCCCC3)cc2)NCC1=N. The molecule has 3 N–H and O–H groups in total. The highest BCUT2D eigenvalue weighted by molar-refractivity contribution is 5.88. The van der Waals surface area contributed by atoms with Crippen LogP contribution < -0.4 is 10.6 Å². The van der Waals surface area contributed by atoms with Gasteiger partial charge in [-0.3, -0.25) is 10.6 Å². The molecule has 108 valence electrons. The Labute approximate surface area is 121 Å². The number of hydrogen-bond donors (Lipinski definition) is 3. The molecule has 3 heteroatoms. The molecule has 1 saturated carbocycles. The summed E-state index contributed by atoms with van der Waals surface area (Å²) in [5.41, 5.74) is 3.52. The van der Waals surface area contributed by atoms with Crippen molar-refractivity contribution < 1.29 is 0 Å². The van der Waals surface area contributed by atoms with E-state index in [0.717, 1.165) is 11.6 Å². The van der Waals surface area contributed by atoms with E-state index in [2.05, 4.69) is 41.8 Å². The second kappa shape index (κ2) is 6.06.